The maximum Gasteiger partial charge on any atom is 0.306 e. The summed E-state index contributed by atoms with van der Waals surface area (Å²) in [5, 5.41) is 0. The summed E-state index contributed by atoms with van der Waals surface area (Å²) in [6, 6.07) is 3.89. The van der Waals surface area contributed by atoms with Crippen LogP contribution < -0.4 is 14.2 Å². The first kappa shape index (κ1) is 45.9. The van der Waals surface area contributed by atoms with Crippen LogP contribution in [0.25, 0.3) is 0 Å². The minimum Gasteiger partial charge on any atom is -0.493 e. The van der Waals surface area contributed by atoms with Crippen LogP contribution in [-0.2, 0) is 16.0 Å². The summed E-state index contributed by atoms with van der Waals surface area (Å²) in [7, 11) is 1.62. The Balaban J connectivity index is 0.000000729. The van der Waals surface area contributed by atoms with Crippen molar-refractivity contribution in [2.24, 2.45) is 0 Å². The molecule has 0 N–H and O–H groups in total. The average molecular weight is 701 g/mol. The topological polar surface area (TPSA) is 54.0 Å². The van der Waals surface area contributed by atoms with E-state index in [1.165, 1.54) is 161 Å². The zero-order valence-electron chi connectivity index (χ0n) is 33.5. The highest BCUT2D eigenvalue weighted by molar-refractivity contribution is 5.69. The van der Waals surface area contributed by atoms with Gasteiger partial charge in [0.05, 0.1) is 7.11 Å². The fraction of sp³-hybridized carbons (Fsp3) is 0.800. The highest BCUT2D eigenvalue weighted by atomic mass is 16.7. The molecule has 1 aliphatic rings. The second-order valence-corrected chi connectivity index (χ2v) is 14.6. The van der Waals surface area contributed by atoms with Gasteiger partial charge in [-0.2, -0.15) is 0 Å². The first-order chi connectivity index (χ1) is 24.6. The third-order valence-electron chi connectivity index (χ3n) is 9.89. The van der Waals surface area contributed by atoms with Gasteiger partial charge in [-0.25, -0.2) is 0 Å². The number of allylic oxidation sites excluding steroid dienone is 1. The first-order valence-corrected chi connectivity index (χ1v) is 21.4. The Morgan fingerprint density at radius 3 is 1.54 bits per heavy atom. The number of ether oxygens (including phenoxy) is 4. The fourth-order valence-electron chi connectivity index (χ4n) is 6.74. The van der Waals surface area contributed by atoms with Crippen LogP contribution >= 0.6 is 0 Å². The van der Waals surface area contributed by atoms with Gasteiger partial charge in [-0.15, -0.1) is 6.58 Å². The number of hydrogen-bond donors (Lipinski definition) is 0. The van der Waals surface area contributed by atoms with Gasteiger partial charge >= 0.3 is 5.97 Å². The molecule has 0 spiro atoms. The van der Waals surface area contributed by atoms with E-state index < -0.39 is 0 Å². The smallest absolute Gasteiger partial charge is 0.306 e. The Kier molecular flexibility index (Phi) is 31.1. The predicted molar refractivity (Wildman–Crippen MR) is 214 cm³/mol. The molecule has 5 heteroatoms. The number of rotatable bonds is 33. The van der Waals surface area contributed by atoms with Crippen LogP contribution in [0.3, 0.4) is 0 Å². The van der Waals surface area contributed by atoms with Crippen LogP contribution in [0.2, 0.25) is 0 Å². The van der Waals surface area contributed by atoms with E-state index in [2.05, 4.69) is 27.4 Å². The lowest BCUT2D eigenvalue weighted by atomic mass is 10.0. The lowest BCUT2D eigenvalue weighted by Crippen LogP contribution is -2.18. The Morgan fingerprint density at radius 1 is 0.660 bits per heavy atom. The summed E-state index contributed by atoms with van der Waals surface area (Å²) in [5.74, 6) is 2.23. The molecule has 1 aliphatic heterocycles. The largest absolute Gasteiger partial charge is 0.493 e. The van der Waals surface area contributed by atoms with Crippen molar-refractivity contribution in [3.8, 4) is 17.2 Å². The number of carbonyl (C=O) groups is 1. The minimum absolute atomic E-state index is 0.0674. The van der Waals surface area contributed by atoms with Crippen LogP contribution in [0.4, 0.5) is 0 Å². The summed E-state index contributed by atoms with van der Waals surface area (Å²) in [4.78, 5) is 12.5. The molecule has 2 rings (SSSR count). The molecule has 290 valence electrons. The van der Waals surface area contributed by atoms with Crippen molar-refractivity contribution in [2.75, 3.05) is 13.9 Å². The molecule has 0 saturated heterocycles. The number of benzene rings is 1. The first-order valence-electron chi connectivity index (χ1n) is 21.4. The number of methoxy groups -OCH3 is 1. The van der Waals surface area contributed by atoms with E-state index in [0.717, 1.165) is 42.7 Å². The van der Waals surface area contributed by atoms with E-state index in [1.807, 2.05) is 18.2 Å². The zero-order chi connectivity index (χ0) is 36.3. The molecule has 0 aliphatic carbocycles. The number of hydrogen-bond acceptors (Lipinski definition) is 5. The number of esters is 1. The lowest BCUT2D eigenvalue weighted by molar-refractivity contribution is -0.150. The van der Waals surface area contributed by atoms with E-state index in [9.17, 15) is 4.79 Å². The van der Waals surface area contributed by atoms with Crippen molar-refractivity contribution in [3.05, 3.63) is 30.4 Å². The van der Waals surface area contributed by atoms with E-state index in [0.29, 0.717) is 12.2 Å². The monoisotopic (exact) mass is 701 g/mol. The second-order valence-electron chi connectivity index (χ2n) is 14.6. The summed E-state index contributed by atoms with van der Waals surface area (Å²) in [6.45, 7) is 10.8. The molecular formula is C45H80O5. The Morgan fingerprint density at radius 2 is 1.10 bits per heavy atom. The van der Waals surface area contributed by atoms with Crippen molar-refractivity contribution < 1.29 is 23.7 Å². The van der Waals surface area contributed by atoms with Gasteiger partial charge < -0.3 is 18.9 Å². The molecule has 0 fully saturated rings. The maximum absolute atomic E-state index is 12.5. The lowest BCUT2D eigenvalue weighted by Gasteiger charge is -2.18. The molecule has 0 aromatic heterocycles. The number of unbranched alkanes of at least 4 members (excludes halogenated alkanes) is 23. The molecule has 5 nitrogen and oxygen atoms in total. The van der Waals surface area contributed by atoms with Gasteiger partial charge in [0.1, 0.15) is 6.10 Å². The van der Waals surface area contributed by atoms with Gasteiger partial charge in [0.25, 0.3) is 0 Å². The quantitative estimate of drug-likeness (QED) is 0.0415. The van der Waals surface area contributed by atoms with Gasteiger partial charge in [-0.1, -0.05) is 175 Å². The van der Waals surface area contributed by atoms with Crippen LogP contribution in [0.5, 0.6) is 17.2 Å². The highest BCUT2D eigenvalue weighted by Gasteiger charge is 2.19. The molecule has 1 aromatic rings. The van der Waals surface area contributed by atoms with E-state index in [-0.39, 0.29) is 18.9 Å². The molecule has 0 bridgehead atoms. The summed E-state index contributed by atoms with van der Waals surface area (Å²) in [5.41, 5.74) is 1.11. The molecule has 50 heavy (non-hydrogen) atoms. The van der Waals surface area contributed by atoms with Gasteiger partial charge in [0.15, 0.2) is 11.5 Å². The number of fused-ring (bicyclic) bond motifs is 1. The molecule has 0 amide bonds. The van der Waals surface area contributed by atoms with Crippen LogP contribution in [-0.4, -0.2) is 26.0 Å². The van der Waals surface area contributed by atoms with Gasteiger partial charge in [0.2, 0.25) is 12.5 Å². The Hall–Kier alpha value is -2.17. The molecule has 1 heterocycles. The second kappa shape index (κ2) is 33.9. The predicted octanol–water partition coefficient (Wildman–Crippen LogP) is 14.4. The van der Waals surface area contributed by atoms with E-state index in [4.69, 9.17) is 18.9 Å². The Labute approximate surface area is 310 Å². The molecule has 0 radical (unpaired) electrons. The molecule has 1 unspecified atom stereocenters. The molecule has 0 saturated carbocycles. The van der Waals surface area contributed by atoms with E-state index >= 15 is 0 Å². The van der Waals surface area contributed by atoms with Crippen molar-refractivity contribution in [2.45, 2.75) is 219 Å². The molecular weight excluding hydrogens is 620 g/mol. The number of carbonyl (C=O) groups excluding carboxylic acids is 1. The molecule has 1 aromatic carbocycles. The fourth-order valence-corrected chi connectivity index (χ4v) is 6.74. The molecule has 1 atom stereocenters. The zero-order valence-corrected chi connectivity index (χ0v) is 33.5. The van der Waals surface area contributed by atoms with Gasteiger partial charge in [0, 0.05) is 6.42 Å². The maximum atomic E-state index is 12.5. The highest BCUT2D eigenvalue weighted by Crippen LogP contribution is 2.41. The summed E-state index contributed by atoms with van der Waals surface area (Å²) >= 11 is 0. The normalized spacial score (nSPS) is 12.3. The minimum atomic E-state index is 0.0674. The van der Waals surface area contributed by atoms with Crippen molar-refractivity contribution in [1.29, 1.82) is 0 Å². The van der Waals surface area contributed by atoms with Crippen LogP contribution in [0, 0.1) is 0 Å². The average Bonchev–Trinajstić information content (AvgIpc) is 3.60. The van der Waals surface area contributed by atoms with Crippen LogP contribution in [0.1, 0.15) is 213 Å². The summed E-state index contributed by atoms with van der Waals surface area (Å²) < 4.78 is 21.8. The van der Waals surface area contributed by atoms with Gasteiger partial charge in [-0.05, 0) is 56.2 Å². The van der Waals surface area contributed by atoms with E-state index in [1.54, 1.807) is 7.11 Å². The van der Waals surface area contributed by atoms with Crippen LogP contribution in [0.15, 0.2) is 24.8 Å². The Bertz CT molecular complexity index is 928. The van der Waals surface area contributed by atoms with Crippen molar-refractivity contribution in [3.63, 3.8) is 0 Å². The van der Waals surface area contributed by atoms with Crippen molar-refractivity contribution in [1.82, 2.24) is 0 Å². The SMILES string of the molecule is C=CCc1cc(OC)c2c(c1)OCO2.CCCCCCCCCCCCCC(=O)OC(CCCCCCCC)CCCCCCCCCCC. The third-order valence-corrected chi connectivity index (χ3v) is 9.89. The van der Waals surface area contributed by atoms with Gasteiger partial charge in [-0.3, -0.25) is 4.79 Å². The summed E-state index contributed by atoms with van der Waals surface area (Å²) in [6.07, 6.45) is 40.2. The third kappa shape index (κ3) is 24.9. The van der Waals surface area contributed by atoms with Crippen molar-refractivity contribution >= 4 is 5.97 Å². The standard InChI is InChI=1S/C34H68O2.C11H12O3/c1-4-7-10-13-16-18-19-21-23-26-29-32-34(35)36-33(30-27-24-15-12-9-6-3)31-28-25-22-20-17-14-11-8-5-2;1-3-4-8-5-9(12-2)11-10(6-8)13-7-14-11/h33H,4-32H2,1-3H3;3,5-6H,1,4,7H2,2H3.